The van der Waals surface area contributed by atoms with Crippen LogP contribution in [-0.4, -0.2) is 42.9 Å². The highest BCUT2D eigenvalue weighted by Gasteiger charge is 2.31. The molecule has 0 bridgehead atoms. The molecule has 0 unspecified atom stereocenters. The van der Waals surface area contributed by atoms with Gasteiger partial charge < -0.3 is 15.0 Å². The van der Waals surface area contributed by atoms with E-state index in [0.717, 1.165) is 54.7 Å². The van der Waals surface area contributed by atoms with Crippen LogP contribution >= 0.6 is 11.3 Å². The molecule has 2 heterocycles. The third-order valence-electron chi connectivity index (χ3n) is 6.36. The average Bonchev–Trinajstić information content (AvgIpc) is 2.98. The van der Waals surface area contributed by atoms with E-state index in [1.807, 2.05) is 0 Å². The van der Waals surface area contributed by atoms with Crippen LogP contribution < -0.4 is 5.32 Å². The van der Waals surface area contributed by atoms with Crippen molar-refractivity contribution in [1.82, 2.24) is 4.90 Å². The van der Waals surface area contributed by atoms with Gasteiger partial charge in [0.05, 0.1) is 18.2 Å². The van der Waals surface area contributed by atoms with E-state index >= 15 is 0 Å². The predicted molar refractivity (Wildman–Crippen MR) is 121 cm³/mol. The van der Waals surface area contributed by atoms with Crippen molar-refractivity contribution in [2.75, 3.05) is 25.5 Å². The number of rotatable bonds is 4. The summed E-state index contributed by atoms with van der Waals surface area (Å²) in [5.74, 6) is -3.12. The number of hydrogen-bond acceptors (Lipinski definition) is 5. The number of benzene rings is 1. The van der Waals surface area contributed by atoms with Gasteiger partial charge in [-0.15, -0.1) is 11.3 Å². The van der Waals surface area contributed by atoms with E-state index < -0.39 is 23.5 Å². The molecule has 1 aromatic heterocycles. The number of halogens is 2. The van der Waals surface area contributed by atoms with Crippen molar-refractivity contribution in [3.63, 3.8) is 0 Å². The Morgan fingerprint density at radius 1 is 1.09 bits per heavy atom. The number of aryl methyl sites for hydroxylation is 1. The summed E-state index contributed by atoms with van der Waals surface area (Å²) >= 11 is 1.45. The molecule has 0 radical (unpaired) electrons. The largest absolute Gasteiger partial charge is 0.465 e. The van der Waals surface area contributed by atoms with Crippen LogP contribution in [-0.2, 0) is 22.4 Å². The van der Waals surface area contributed by atoms with Crippen molar-refractivity contribution in [1.29, 1.82) is 0 Å². The van der Waals surface area contributed by atoms with Gasteiger partial charge in [-0.2, -0.15) is 0 Å². The molecule has 33 heavy (non-hydrogen) atoms. The Hall–Kier alpha value is -2.81. The molecule has 1 N–H and O–H groups in total. The number of thiophene rings is 1. The van der Waals surface area contributed by atoms with E-state index in [-0.39, 0.29) is 17.4 Å². The normalized spacial score (nSPS) is 16.6. The van der Waals surface area contributed by atoms with Crippen LogP contribution in [0.25, 0.3) is 0 Å². The number of esters is 1. The Labute approximate surface area is 194 Å². The number of carbonyl (C=O) groups is 3. The van der Waals surface area contributed by atoms with Gasteiger partial charge in [-0.25, -0.2) is 13.6 Å². The van der Waals surface area contributed by atoms with Gasteiger partial charge in [-0.1, -0.05) is 6.42 Å². The van der Waals surface area contributed by atoms with Gasteiger partial charge in [0.15, 0.2) is 0 Å². The third-order valence-corrected chi connectivity index (χ3v) is 7.57. The van der Waals surface area contributed by atoms with Crippen molar-refractivity contribution >= 4 is 34.1 Å². The third kappa shape index (κ3) is 4.93. The topological polar surface area (TPSA) is 75.7 Å². The molecule has 1 saturated heterocycles. The predicted octanol–water partition coefficient (Wildman–Crippen LogP) is 4.57. The zero-order valence-electron chi connectivity index (χ0n) is 18.4. The molecular formula is C24H26F2N2O4S. The molecule has 1 aromatic carbocycles. The molecule has 1 fully saturated rings. The number of anilines is 1. The Kier molecular flexibility index (Phi) is 7.07. The summed E-state index contributed by atoms with van der Waals surface area (Å²) < 4.78 is 32.1. The van der Waals surface area contributed by atoms with E-state index in [2.05, 4.69) is 5.32 Å². The molecule has 2 aliphatic rings. The number of amides is 2. The highest BCUT2D eigenvalue weighted by atomic mass is 32.1. The van der Waals surface area contributed by atoms with Crippen LogP contribution in [0.1, 0.15) is 63.3 Å². The van der Waals surface area contributed by atoms with Gasteiger partial charge in [-0.05, 0) is 56.2 Å². The summed E-state index contributed by atoms with van der Waals surface area (Å²) in [6.07, 6.45) is 5.69. The minimum Gasteiger partial charge on any atom is -0.465 e. The molecule has 0 saturated carbocycles. The van der Waals surface area contributed by atoms with Crippen LogP contribution in [0.4, 0.5) is 13.8 Å². The van der Waals surface area contributed by atoms with Gasteiger partial charge in [0.2, 0.25) is 5.91 Å². The Balaban J connectivity index is 1.42. The lowest BCUT2D eigenvalue weighted by Crippen LogP contribution is -2.41. The molecule has 176 valence electrons. The summed E-state index contributed by atoms with van der Waals surface area (Å²) in [6, 6.07) is 2.88. The van der Waals surface area contributed by atoms with E-state index in [1.54, 1.807) is 0 Å². The molecule has 1 aliphatic carbocycles. The first-order chi connectivity index (χ1) is 15.9. The maximum absolute atomic E-state index is 14.0. The number of likely N-dealkylation sites (tertiary alicyclic amines) is 1. The molecule has 4 rings (SSSR count). The smallest absolute Gasteiger partial charge is 0.341 e. The first kappa shape index (κ1) is 23.4. The second kappa shape index (κ2) is 9.99. The van der Waals surface area contributed by atoms with Gasteiger partial charge >= 0.3 is 5.97 Å². The number of methoxy groups -OCH3 is 1. The van der Waals surface area contributed by atoms with E-state index in [4.69, 9.17) is 4.74 Å². The fourth-order valence-electron chi connectivity index (χ4n) is 4.54. The summed E-state index contributed by atoms with van der Waals surface area (Å²) in [5, 5.41) is 3.47. The van der Waals surface area contributed by atoms with Crippen LogP contribution in [0.2, 0.25) is 0 Å². The molecule has 9 heteroatoms. The Morgan fingerprint density at radius 2 is 1.82 bits per heavy atom. The lowest BCUT2D eigenvalue weighted by atomic mass is 9.95. The van der Waals surface area contributed by atoms with Crippen LogP contribution in [0.3, 0.4) is 0 Å². The molecule has 2 amide bonds. The van der Waals surface area contributed by atoms with Crippen molar-refractivity contribution in [3.8, 4) is 0 Å². The minimum atomic E-state index is -0.896. The average molecular weight is 477 g/mol. The number of carbonyl (C=O) groups excluding carboxylic acids is 3. The van der Waals surface area contributed by atoms with Gasteiger partial charge in [0, 0.05) is 30.0 Å². The SMILES string of the molecule is COC(=O)c1c(NC(=O)C2CCN(C(=O)c3ccc(F)cc3F)CC2)sc2c1CCCCC2. The molecule has 2 aromatic rings. The quantitative estimate of drug-likeness (QED) is 0.518. The monoisotopic (exact) mass is 476 g/mol. The van der Waals surface area contributed by atoms with Gasteiger partial charge in [0.25, 0.3) is 5.91 Å². The summed E-state index contributed by atoms with van der Waals surface area (Å²) in [7, 11) is 1.34. The van der Waals surface area contributed by atoms with Crippen molar-refractivity contribution in [2.24, 2.45) is 5.92 Å². The van der Waals surface area contributed by atoms with E-state index in [1.165, 1.54) is 23.3 Å². The molecular weight excluding hydrogens is 450 g/mol. The standard InChI is InChI=1S/C24H26F2N2O4S/c1-32-24(31)20-17-5-3-2-4-6-19(17)33-22(20)27-21(29)14-9-11-28(12-10-14)23(30)16-8-7-15(25)13-18(16)26/h7-8,13-14H,2-6,9-12H2,1H3,(H,27,29). The van der Waals surface area contributed by atoms with E-state index in [0.29, 0.717) is 42.6 Å². The number of ether oxygens (including phenoxy) is 1. The fourth-order valence-corrected chi connectivity index (χ4v) is 5.82. The van der Waals surface area contributed by atoms with Crippen molar-refractivity contribution in [3.05, 3.63) is 51.4 Å². The van der Waals surface area contributed by atoms with Crippen LogP contribution in [0.5, 0.6) is 0 Å². The van der Waals surface area contributed by atoms with E-state index in [9.17, 15) is 23.2 Å². The Morgan fingerprint density at radius 3 is 2.52 bits per heavy atom. The maximum Gasteiger partial charge on any atom is 0.341 e. The van der Waals surface area contributed by atoms with Gasteiger partial charge in [-0.3, -0.25) is 9.59 Å². The first-order valence-electron chi connectivity index (χ1n) is 11.2. The summed E-state index contributed by atoms with van der Waals surface area (Å²) in [4.78, 5) is 40.7. The first-order valence-corrected chi connectivity index (χ1v) is 12.0. The molecule has 1 aliphatic heterocycles. The zero-order valence-corrected chi connectivity index (χ0v) is 19.2. The number of nitrogens with one attached hydrogen (secondary N) is 1. The maximum atomic E-state index is 14.0. The highest BCUT2D eigenvalue weighted by molar-refractivity contribution is 7.17. The zero-order chi connectivity index (χ0) is 23.5. The lowest BCUT2D eigenvalue weighted by molar-refractivity contribution is -0.121. The van der Waals surface area contributed by atoms with Gasteiger partial charge in [0.1, 0.15) is 16.6 Å². The van der Waals surface area contributed by atoms with Crippen LogP contribution in [0, 0.1) is 17.6 Å². The number of nitrogens with zero attached hydrogens (tertiary/aromatic N) is 1. The summed E-state index contributed by atoms with van der Waals surface area (Å²) in [6.45, 7) is 0.580. The van der Waals surface area contributed by atoms with Crippen LogP contribution in [0.15, 0.2) is 18.2 Å². The number of hydrogen-bond donors (Lipinski definition) is 1. The molecule has 0 spiro atoms. The highest BCUT2D eigenvalue weighted by Crippen LogP contribution is 2.38. The van der Waals surface area contributed by atoms with Crippen molar-refractivity contribution in [2.45, 2.75) is 44.9 Å². The number of piperidine rings is 1. The second-order valence-electron chi connectivity index (χ2n) is 8.44. The Bertz CT molecular complexity index is 1080. The lowest BCUT2D eigenvalue weighted by Gasteiger charge is -2.31. The second-order valence-corrected chi connectivity index (χ2v) is 9.55. The summed E-state index contributed by atoms with van der Waals surface area (Å²) in [5.41, 5.74) is 1.27. The number of fused-ring (bicyclic) bond motifs is 1. The fraction of sp³-hybridized carbons (Fsp3) is 0.458. The molecule has 0 atom stereocenters. The van der Waals surface area contributed by atoms with Crippen molar-refractivity contribution < 1.29 is 27.9 Å². The minimum absolute atomic E-state index is 0.179. The molecule has 6 nitrogen and oxygen atoms in total.